The third-order valence-corrected chi connectivity index (χ3v) is 5.92. The van der Waals surface area contributed by atoms with E-state index in [1.54, 1.807) is 57.9 Å². The summed E-state index contributed by atoms with van der Waals surface area (Å²) in [6.45, 7) is 3.34. The Balaban J connectivity index is 1.71. The highest BCUT2D eigenvalue weighted by Crippen LogP contribution is 2.41. The van der Waals surface area contributed by atoms with Crippen LogP contribution in [0.3, 0.4) is 0 Å². The molecule has 0 aliphatic carbocycles. The molecule has 36 heavy (non-hydrogen) atoms. The topological polar surface area (TPSA) is 87.0 Å². The van der Waals surface area contributed by atoms with Gasteiger partial charge in [-0.05, 0) is 68.0 Å². The number of hydrogen-bond donors (Lipinski definition) is 1. The first-order valence-corrected chi connectivity index (χ1v) is 11.3. The summed E-state index contributed by atoms with van der Waals surface area (Å²) in [5, 5.41) is 3.67. The van der Waals surface area contributed by atoms with Gasteiger partial charge in [-0.3, -0.25) is 9.59 Å². The Labute approximate surface area is 209 Å². The van der Waals surface area contributed by atoms with Crippen molar-refractivity contribution >= 4 is 33.9 Å². The van der Waals surface area contributed by atoms with Crippen LogP contribution in [0.1, 0.15) is 29.8 Å². The molecular formula is C29H27NO6. The van der Waals surface area contributed by atoms with Gasteiger partial charge in [0.1, 0.15) is 22.8 Å². The number of carbonyl (C=O) groups excluding carboxylic acids is 2. The lowest BCUT2D eigenvalue weighted by atomic mass is 9.98. The highest BCUT2D eigenvalue weighted by Gasteiger charge is 2.18. The summed E-state index contributed by atoms with van der Waals surface area (Å²) < 4.78 is 22.4. The molecule has 0 bridgehead atoms. The van der Waals surface area contributed by atoms with Gasteiger partial charge >= 0.3 is 0 Å². The van der Waals surface area contributed by atoms with E-state index in [2.05, 4.69) is 5.32 Å². The SMILES string of the molecule is COc1ccc(OC)c(-c2coc3cc(OC)c(/C(C)=C/C(=O)Nc4ccc(C(C)=O)cc4)cc23)c1. The number of allylic oxidation sites excluding steroid dienone is 1. The lowest BCUT2D eigenvalue weighted by molar-refractivity contribution is -0.111. The molecule has 1 N–H and O–H groups in total. The van der Waals surface area contributed by atoms with Gasteiger partial charge in [0.05, 0.1) is 27.6 Å². The summed E-state index contributed by atoms with van der Waals surface area (Å²) in [6, 6.07) is 16.1. The number of amides is 1. The van der Waals surface area contributed by atoms with Crippen molar-refractivity contribution in [1.29, 1.82) is 0 Å². The van der Waals surface area contributed by atoms with Crippen LogP contribution in [0.5, 0.6) is 17.2 Å². The molecule has 0 radical (unpaired) electrons. The number of fused-ring (bicyclic) bond motifs is 1. The average Bonchev–Trinajstić information content (AvgIpc) is 3.30. The number of ether oxygens (including phenoxy) is 3. The second-order valence-corrected chi connectivity index (χ2v) is 8.21. The van der Waals surface area contributed by atoms with Gasteiger partial charge in [0.25, 0.3) is 0 Å². The second-order valence-electron chi connectivity index (χ2n) is 8.21. The van der Waals surface area contributed by atoms with Crippen LogP contribution in [-0.2, 0) is 4.79 Å². The van der Waals surface area contributed by atoms with Crippen molar-refractivity contribution in [3.63, 3.8) is 0 Å². The maximum absolute atomic E-state index is 12.7. The zero-order chi connectivity index (χ0) is 25.8. The molecule has 1 heterocycles. The van der Waals surface area contributed by atoms with Gasteiger partial charge < -0.3 is 23.9 Å². The van der Waals surface area contributed by atoms with Gasteiger partial charge in [-0.1, -0.05) is 0 Å². The Kier molecular flexibility index (Phi) is 7.10. The fourth-order valence-electron chi connectivity index (χ4n) is 4.01. The lowest BCUT2D eigenvalue weighted by Gasteiger charge is -2.12. The molecule has 1 amide bonds. The minimum Gasteiger partial charge on any atom is -0.497 e. The van der Waals surface area contributed by atoms with Crippen LogP contribution >= 0.6 is 0 Å². The smallest absolute Gasteiger partial charge is 0.248 e. The minimum atomic E-state index is -0.299. The van der Waals surface area contributed by atoms with Crippen LogP contribution in [-0.4, -0.2) is 33.0 Å². The van der Waals surface area contributed by atoms with E-state index < -0.39 is 0 Å². The van der Waals surface area contributed by atoms with Crippen molar-refractivity contribution in [2.24, 2.45) is 0 Å². The minimum absolute atomic E-state index is 0.0312. The molecule has 0 unspecified atom stereocenters. The van der Waals surface area contributed by atoms with Crippen molar-refractivity contribution in [3.8, 4) is 28.4 Å². The number of hydrogen-bond acceptors (Lipinski definition) is 6. The molecule has 0 atom stereocenters. The number of methoxy groups -OCH3 is 3. The standard InChI is InChI=1S/C29H27NO6/c1-17(12-29(32)30-20-8-6-19(7-9-20)18(2)31)22-14-24-25(16-36-28(24)15-27(22)35-5)23-13-21(33-3)10-11-26(23)34-4/h6-16H,1-5H3,(H,30,32)/b17-12+. The molecule has 3 aromatic carbocycles. The van der Waals surface area contributed by atoms with Crippen LogP contribution in [0.15, 0.2) is 71.4 Å². The summed E-state index contributed by atoms with van der Waals surface area (Å²) in [7, 11) is 4.80. The Morgan fingerprint density at radius 1 is 0.833 bits per heavy atom. The fourth-order valence-corrected chi connectivity index (χ4v) is 4.01. The third-order valence-electron chi connectivity index (χ3n) is 5.92. The number of carbonyl (C=O) groups is 2. The Morgan fingerprint density at radius 3 is 2.19 bits per heavy atom. The molecule has 7 nitrogen and oxygen atoms in total. The molecule has 184 valence electrons. The molecule has 0 fully saturated rings. The number of Topliss-reactive ketones (excluding diaryl/α,β-unsaturated/α-hetero) is 1. The van der Waals surface area contributed by atoms with Gasteiger partial charge in [-0.2, -0.15) is 0 Å². The first kappa shape index (κ1) is 24.6. The van der Waals surface area contributed by atoms with Crippen molar-refractivity contribution < 1.29 is 28.2 Å². The summed E-state index contributed by atoms with van der Waals surface area (Å²) in [5.74, 6) is 1.62. The number of nitrogens with one attached hydrogen (secondary N) is 1. The highest BCUT2D eigenvalue weighted by molar-refractivity contribution is 6.06. The first-order chi connectivity index (χ1) is 17.3. The van der Waals surface area contributed by atoms with Crippen LogP contribution in [0.2, 0.25) is 0 Å². The van der Waals surface area contributed by atoms with E-state index in [-0.39, 0.29) is 11.7 Å². The van der Waals surface area contributed by atoms with Crippen LogP contribution in [0, 0.1) is 0 Å². The number of benzene rings is 3. The van der Waals surface area contributed by atoms with Gasteiger partial charge in [0.15, 0.2) is 5.78 Å². The molecule has 0 saturated carbocycles. The van der Waals surface area contributed by atoms with E-state index in [4.69, 9.17) is 18.6 Å². The number of ketones is 1. The third kappa shape index (κ3) is 4.95. The van der Waals surface area contributed by atoms with Crippen molar-refractivity contribution in [3.05, 3.63) is 78.1 Å². The lowest BCUT2D eigenvalue weighted by Crippen LogP contribution is -2.09. The van der Waals surface area contributed by atoms with Gasteiger partial charge in [-0.15, -0.1) is 0 Å². The van der Waals surface area contributed by atoms with E-state index in [9.17, 15) is 9.59 Å². The Morgan fingerprint density at radius 2 is 1.56 bits per heavy atom. The molecule has 7 heteroatoms. The molecule has 0 saturated heterocycles. The molecular weight excluding hydrogens is 458 g/mol. The first-order valence-electron chi connectivity index (χ1n) is 11.3. The Bertz CT molecular complexity index is 1460. The van der Waals surface area contributed by atoms with Crippen LogP contribution < -0.4 is 19.5 Å². The number of furan rings is 1. The zero-order valence-corrected chi connectivity index (χ0v) is 20.8. The monoisotopic (exact) mass is 485 g/mol. The summed E-state index contributed by atoms with van der Waals surface area (Å²) >= 11 is 0. The van der Waals surface area contributed by atoms with Crippen LogP contribution in [0.25, 0.3) is 27.7 Å². The van der Waals surface area contributed by atoms with E-state index in [1.807, 2.05) is 31.2 Å². The molecule has 4 aromatic rings. The van der Waals surface area contributed by atoms with Crippen molar-refractivity contribution in [2.45, 2.75) is 13.8 Å². The van der Waals surface area contributed by atoms with Crippen molar-refractivity contribution in [2.75, 3.05) is 26.6 Å². The Hall–Kier alpha value is -4.52. The van der Waals surface area contributed by atoms with Gasteiger partial charge in [0, 0.05) is 45.5 Å². The maximum atomic E-state index is 12.7. The summed E-state index contributed by atoms with van der Waals surface area (Å²) in [4.78, 5) is 24.2. The number of rotatable bonds is 8. The van der Waals surface area contributed by atoms with E-state index in [1.165, 1.54) is 13.0 Å². The highest BCUT2D eigenvalue weighted by atomic mass is 16.5. The summed E-state index contributed by atoms with van der Waals surface area (Å²) in [5.41, 5.74) is 4.92. The quantitative estimate of drug-likeness (QED) is 0.230. The normalized spacial score (nSPS) is 11.3. The van der Waals surface area contributed by atoms with E-state index >= 15 is 0 Å². The van der Waals surface area contributed by atoms with Gasteiger partial charge in [-0.25, -0.2) is 0 Å². The predicted molar refractivity (Wildman–Crippen MR) is 140 cm³/mol. The molecule has 0 spiro atoms. The largest absolute Gasteiger partial charge is 0.497 e. The molecule has 0 aliphatic heterocycles. The predicted octanol–water partition coefficient (Wildman–Crippen LogP) is 6.37. The van der Waals surface area contributed by atoms with Crippen molar-refractivity contribution in [1.82, 2.24) is 0 Å². The fraction of sp³-hybridized carbons (Fsp3) is 0.172. The van der Waals surface area contributed by atoms with E-state index in [0.29, 0.717) is 39.7 Å². The number of anilines is 1. The zero-order valence-electron chi connectivity index (χ0n) is 20.8. The summed E-state index contributed by atoms with van der Waals surface area (Å²) in [6.07, 6.45) is 3.18. The second kappa shape index (κ2) is 10.4. The average molecular weight is 486 g/mol. The molecule has 0 aliphatic rings. The van der Waals surface area contributed by atoms with Crippen LogP contribution in [0.4, 0.5) is 5.69 Å². The maximum Gasteiger partial charge on any atom is 0.248 e. The molecule has 1 aromatic heterocycles. The molecule has 4 rings (SSSR count). The van der Waals surface area contributed by atoms with Gasteiger partial charge in [0.2, 0.25) is 5.91 Å². The van der Waals surface area contributed by atoms with E-state index in [0.717, 1.165) is 22.1 Å².